The van der Waals surface area contributed by atoms with E-state index in [9.17, 15) is 9.59 Å². The molecule has 5 nitrogen and oxygen atoms in total. The first-order chi connectivity index (χ1) is 10.7. The fourth-order valence-corrected chi connectivity index (χ4v) is 2.54. The molecule has 1 saturated heterocycles. The Labute approximate surface area is 135 Å². The number of hydrogen-bond donors (Lipinski definition) is 0. The van der Waals surface area contributed by atoms with Crippen molar-refractivity contribution in [3.05, 3.63) is 30.3 Å². The van der Waals surface area contributed by atoms with E-state index >= 15 is 0 Å². The number of benzene rings is 1. The number of ether oxygens (including phenoxy) is 1. The van der Waals surface area contributed by atoms with Crippen LogP contribution in [-0.4, -0.2) is 60.3 Å². The maximum atomic E-state index is 12.1. The van der Waals surface area contributed by atoms with Crippen LogP contribution >= 0.6 is 11.6 Å². The Morgan fingerprint density at radius 2 is 1.50 bits per heavy atom. The highest BCUT2D eigenvalue weighted by Crippen LogP contribution is 2.10. The standard InChI is InChI=1S/C16H21ClN2O3/c17-8-6-15(20)18-9-11-19(12-10-18)16(21)7-13-22-14-4-2-1-3-5-14/h1-5H,6-13H2. The van der Waals surface area contributed by atoms with Gasteiger partial charge in [-0.15, -0.1) is 11.6 Å². The molecule has 2 rings (SSSR count). The smallest absolute Gasteiger partial charge is 0.226 e. The van der Waals surface area contributed by atoms with Crippen LogP contribution in [0.1, 0.15) is 12.8 Å². The van der Waals surface area contributed by atoms with Gasteiger partial charge in [-0.2, -0.15) is 0 Å². The van der Waals surface area contributed by atoms with E-state index in [-0.39, 0.29) is 11.8 Å². The second-order valence-electron chi connectivity index (χ2n) is 5.11. The molecule has 6 heteroatoms. The number of para-hydroxylation sites is 1. The number of piperazine rings is 1. The first-order valence-electron chi connectivity index (χ1n) is 7.50. The van der Waals surface area contributed by atoms with E-state index in [1.54, 1.807) is 9.80 Å². The van der Waals surface area contributed by atoms with Gasteiger partial charge in [-0.3, -0.25) is 9.59 Å². The van der Waals surface area contributed by atoms with Gasteiger partial charge in [0.25, 0.3) is 0 Å². The van der Waals surface area contributed by atoms with E-state index in [2.05, 4.69) is 0 Å². The maximum Gasteiger partial charge on any atom is 0.226 e. The molecule has 1 aromatic carbocycles. The minimum absolute atomic E-state index is 0.0644. The van der Waals surface area contributed by atoms with Crippen molar-refractivity contribution in [2.75, 3.05) is 38.7 Å². The second kappa shape index (κ2) is 8.63. The summed E-state index contributed by atoms with van der Waals surface area (Å²) in [6.45, 7) is 2.70. The number of amides is 2. The molecule has 2 amide bonds. The average molecular weight is 325 g/mol. The third-order valence-electron chi connectivity index (χ3n) is 3.62. The zero-order valence-corrected chi connectivity index (χ0v) is 13.3. The van der Waals surface area contributed by atoms with E-state index in [1.807, 2.05) is 30.3 Å². The van der Waals surface area contributed by atoms with E-state index in [4.69, 9.17) is 16.3 Å². The van der Waals surface area contributed by atoms with Gasteiger partial charge in [0.15, 0.2) is 0 Å². The fourth-order valence-electron chi connectivity index (χ4n) is 2.38. The molecule has 1 aromatic rings. The number of carbonyl (C=O) groups is 2. The van der Waals surface area contributed by atoms with E-state index in [1.165, 1.54) is 0 Å². The zero-order chi connectivity index (χ0) is 15.8. The quantitative estimate of drug-likeness (QED) is 0.749. The van der Waals surface area contributed by atoms with Crippen molar-refractivity contribution in [2.45, 2.75) is 12.8 Å². The van der Waals surface area contributed by atoms with E-state index in [0.717, 1.165) is 5.75 Å². The van der Waals surface area contributed by atoms with Gasteiger partial charge in [-0.05, 0) is 12.1 Å². The minimum Gasteiger partial charge on any atom is -0.493 e. The van der Waals surface area contributed by atoms with Crippen LogP contribution in [0.4, 0.5) is 0 Å². The normalized spacial score (nSPS) is 14.8. The Hall–Kier alpha value is -1.75. The Morgan fingerprint density at radius 1 is 0.955 bits per heavy atom. The van der Waals surface area contributed by atoms with Crippen molar-refractivity contribution in [1.29, 1.82) is 0 Å². The number of hydrogen-bond acceptors (Lipinski definition) is 3. The molecule has 0 aliphatic carbocycles. The molecular formula is C16H21ClN2O3. The fraction of sp³-hybridized carbons (Fsp3) is 0.500. The number of rotatable bonds is 6. The Balaban J connectivity index is 1.68. The maximum absolute atomic E-state index is 12.1. The van der Waals surface area contributed by atoms with Crippen LogP contribution in [-0.2, 0) is 9.59 Å². The van der Waals surface area contributed by atoms with Crippen molar-refractivity contribution >= 4 is 23.4 Å². The summed E-state index contributed by atoms with van der Waals surface area (Å²) >= 11 is 5.58. The third-order valence-corrected chi connectivity index (χ3v) is 3.81. The second-order valence-corrected chi connectivity index (χ2v) is 5.49. The lowest BCUT2D eigenvalue weighted by atomic mass is 10.2. The summed E-state index contributed by atoms with van der Waals surface area (Å²) in [6, 6.07) is 9.45. The molecule has 0 unspecified atom stereocenters. The van der Waals surface area contributed by atoms with Gasteiger partial charge in [-0.25, -0.2) is 0 Å². The number of nitrogens with zero attached hydrogens (tertiary/aromatic N) is 2. The molecule has 22 heavy (non-hydrogen) atoms. The highest BCUT2D eigenvalue weighted by molar-refractivity contribution is 6.18. The van der Waals surface area contributed by atoms with Gasteiger partial charge < -0.3 is 14.5 Å². The molecule has 0 radical (unpaired) electrons. The number of alkyl halides is 1. The molecule has 0 atom stereocenters. The molecule has 1 fully saturated rings. The van der Waals surface area contributed by atoms with Gasteiger partial charge >= 0.3 is 0 Å². The summed E-state index contributed by atoms with van der Waals surface area (Å²) in [4.78, 5) is 27.4. The molecule has 0 spiro atoms. The Morgan fingerprint density at radius 3 is 2.05 bits per heavy atom. The van der Waals surface area contributed by atoms with Crippen molar-refractivity contribution in [1.82, 2.24) is 9.80 Å². The lowest BCUT2D eigenvalue weighted by Crippen LogP contribution is -2.50. The summed E-state index contributed by atoms with van der Waals surface area (Å²) < 4.78 is 5.53. The molecule has 120 valence electrons. The van der Waals surface area contributed by atoms with Crippen LogP contribution in [0.3, 0.4) is 0 Å². The third kappa shape index (κ3) is 4.91. The molecule has 0 aromatic heterocycles. The Kier molecular flexibility index (Phi) is 6.52. The first-order valence-corrected chi connectivity index (χ1v) is 8.03. The topological polar surface area (TPSA) is 49.9 Å². The lowest BCUT2D eigenvalue weighted by molar-refractivity contribution is -0.139. The predicted octanol–water partition coefficient (Wildman–Crippen LogP) is 1.76. The van der Waals surface area contributed by atoms with Gasteiger partial charge in [-0.1, -0.05) is 18.2 Å². The Bertz CT molecular complexity index is 487. The van der Waals surface area contributed by atoms with Crippen LogP contribution < -0.4 is 4.74 Å². The average Bonchev–Trinajstić information content (AvgIpc) is 2.56. The number of halogens is 1. The largest absolute Gasteiger partial charge is 0.493 e. The molecular weight excluding hydrogens is 304 g/mol. The first kappa shape index (κ1) is 16.6. The SMILES string of the molecule is O=C(CCCl)N1CCN(C(=O)CCOc2ccccc2)CC1. The highest BCUT2D eigenvalue weighted by Gasteiger charge is 2.23. The summed E-state index contributed by atoms with van der Waals surface area (Å²) in [5, 5.41) is 0. The van der Waals surface area contributed by atoms with Crippen molar-refractivity contribution in [2.24, 2.45) is 0 Å². The highest BCUT2D eigenvalue weighted by atomic mass is 35.5. The van der Waals surface area contributed by atoms with Crippen molar-refractivity contribution in [3.8, 4) is 5.75 Å². The molecule has 0 saturated carbocycles. The summed E-state index contributed by atoms with van der Waals surface area (Å²) in [7, 11) is 0. The van der Waals surface area contributed by atoms with E-state index < -0.39 is 0 Å². The molecule has 0 N–H and O–H groups in total. The van der Waals surface area contributed by atoms with Gasteiger partial charge in [0, 0.05) is 38.5 Å². The van der Waals surface area contributed by atoms with Crippen LogP contribution in [0.2, 0.25) is 0 Å². The van der Waals surface area contributed by atoms with Crippen LogP contribution in [0.15, 0.2) is 30.3 Å². The zero-order valence-electron chi connectivity index (χ0n) is 12.5. The van der Waals surface area contributed by atoms with E-state index in [0.29, 0.717) is 51.5 Å². The number of carbonyl (C=O) groups excluding carboxylic acids is 2. The van der Waals surface area contributed by atoms with Crippen molar-refractivity contribution in [3.63, 3.8) is 0 Å². The van der Waals surface area contributed by atoms with Crippen LogP contribution in [0, 0.1) is 0 Å². The summed E-state index contributed by atoms with van der Waals surface area (Å²) in [6.07, 6.45) is 0.713. The van der Waals surface area contributed by atoms with Crippen LogP contribution in [0.25, 0.3) is 0 Å². The summed E-state index contributed by atoms with van der Waals surface area (Å²) in [5.74, 6) is 1.25. The molecule has 0 bridgehead atoms. The van der Waals surface area contributed by atoms with Crippen LogP contribution in [0.5, 0.6) is 5.75 Å². The van der Waals surface area contributed by atoms with Gasteiger partial charge in [0.05, 0.1) is 13.0 Å². The minimum atomic E-state index is 0.0644. The molecule has 1 aliphatic heterocycles. The van der Waals surface area contributed by atoms with Crippen molar-refractivity contribution < 1.29 is 14.3 Å². The predicted molar refractivity (Wildman–Crippen MR) is 85.1 cm³/mol. The van der Waals surface area contributed by atoms with Gasteiger partial charge in [0.1, 0.15) is 5.75 Å². The molecule has 1 heterocycles. The lowest BCUT2D eigenvalue weighted by Gasteiger charge is -2.34. The van der Waals surface area contributed by atoms with Gasteiger partial charge in [0.2, 0.25) is 11.8 Å². The summed E-state index contributed by atoms with van der Waals surface area (Å²) in [5.41, 5.74) is 0. The monoisotopic (exact) mass is 324 g/mol. The molecule has 1 aliphatic rings.